The Morgan fingerprint density at radius 1 is 1.10 bits per heavy atom. The molecule has 3 aliphatic rings. The summed E-state index contributed by atoms with van der Waals surface area (Å²) in [5.41, 5.74) is 2.53. The van der Waals surface area contributed by atoms with Crippen LogP contribution in [0.25, 0.3) is 0 Å². The Bertz CT molecular complexity index is 808. The molecule has 1 aromatic carbocycles. The largest absolute Gasteiger partial charge is 0.486 e. The molecule has 4 rings (SSSR count). The molecule has 0 aromatic heterocycles. The number of carbonyl (C=O) groups excluding carboxylic acids is 2. The average Bonchev–Trinajstić information content (AvgIpc) is 3.22. The van der Waals surface area contributed by atoms with Crippen molar-refractivity contribution in [3.8, 4) is 11.5 Å². The number of amides is 3. The molecular formula is C23H31N3O4. The molecule has 0 unspecified atom stereocenters. The molecule has 0 saturated carbocycles. The fourth-order valence-electron chi connectivity index (χ4n) is 4.52. The van der Waals surface area contributed by atoms with E-state index < -0.39 is 6.03 Å². The van der Waals surface area contributed by atoms with Gasteiger partial charge in [0.05, 0.1) is 6.54 Å². The molecule has 7 nitrogen and oxygen atoms in total. The second kappa shape index (κ2) is 9.98. The van der Waals surface area contributed by atoms with Crippen LogP contribution in [0.3, 0.4) is 0 Å². The Hall–Kier alpha value is -2.54. The first-order chi connectivity index (χ1) is 14.7. The number of hydrogen-bond donors (Lipinski definition) is 2. The molecule has 1 aliphatic carbocycles. The van der Waals surface area contributed by atoms with E-state index in [0.29, 0.717) is 19.8 Å². The molecule has 0 spiro atoms. The van der Waals surface area contributed by atoms with E-state index in [1.165, 1.54) is 18.4 Å². The van der Waals surface area contributed by atoms with Crippen molar-refractivity contribution in [2.24, 2.45) is 0 Å². The fraction of sp³-hybridized carbons (Fsp3) is 0.565. The zero-order valence-electron chi connectivity index (χ0n) is 17.5. The summed E-state index contributed by atoms with van der Waals surface area (Å²) >= 11 is 0. The van der Waals surface area contributed by atoms with Crippen molar-refractivity contribution in [2.45, 2.75) is 51.0 Å². The van der Waals surface area contributed by atoms with Crippen LogP contribution in [0.1, 0.15) is 56.6 Å². The quantitative estimate of drug-likeness (QED) is 0.700. The van der Waals surface area contributed by atoms with E-state index in [-0.39, 0.29) is 18.5 Å². The van der Waals surface area contributed by atoms with Crippen molar-refractivity contribution in [1.29, 1.82) is 0 Å². The summed E-state index contributed by atoms with van der Waals surface area (Å²) in [6, 6.07) is 5.73. The topological polar surface area (TPSA) is 79.9 Å². The van der Waals surface area contributed by atoms with Crippen molar-refractivity contribution in [2.75, 3.05) is 32.8 Å². The summed E-state index contributed by atoms with van der Waals surface area (Å²) in [5, 5.41) is 5.27. The minimum absolute atomic E-state index is 0.146. The van der Waals surface area contributed by atoms with Gasteiger partial charge in [-0.05, 0) is 69.2 Å². The van der Waals surface area contributed by atoms with Crippen LogP contribution in [0.15, 0.2) is 29.8 Å². The second-order valence-corrected chi connectivity index (χ2v) is 8.19. The van der Waals surface area contributed by atoms with Crippen molar-refractivity contribution < 1.29 is 19.1 Å². The monoisotopic (exact) mass is 413 g/mol. The van der Waals surface area contributed by atoms with Crippen LogP contribution in [0, 0.1) is 0 Å². The first-order valence-electron chi connectivity index (χ1n) is 11.1. The summed E-state index contributed by atoms with van der Waals surface area (Å²) in [7, 11) is 0. The molecule has 2 aliphatic heterocycles. The molecule has 2 N–H and O–H groups in total. The number of ether oxygens (including phenoxy) is 2. The minimum atomic E-state index is -0.411. The van der Waals surface area contributed by atoms with Gasteiger partial charge in [-0.2, -0.15) is 0 Å². The maximum absolute atomic E-state index is 12.4. The number of hydrogen-bond acceptors (Lipinski definition) is 5. The molecule has 30 heavy (non-hydrogen) atoms. The SMILES string of the molecule is O=C(CN1CCC[C@@H]1c1ccc2c(c1)OCCO2)NC(=O)NCCC1=CCCCC1. The summed E-state index contributed by atoms with van der Waals surface area (Å²) < 4.78 is 11.3. The van der Waals surface area contributed by atoms with E-state index in [9.17, 15) is 9.59 Å². The zero-order valence-corrected chi connectivity index (χ0v) is 17.5. The molecular weight excluding hydrogens is 382 g/mol. The third-order valence-corrected chi connectivity index (χ3v) is 6.03. The Labute approximate surface area is 177 Å². The van der Waals surface area contributed by atoms with E-state index >= 15 is 0 Å². The molecule has 0 bridgehead atoms. The Morgan fingerprint density at radius 3 is 2.80 bits per heavy atom. The van der Waals surface area contributed by atoms with E-state index in [0.717, 1.165) is 55.7 Å². The second-order valence-electron chi connectivity index (χ2n) is 8.19. The number of carbonyl (C=O) groups is 2. The highest BCUT2D eigenvalue weighted by atomic mass is 16.6. The van der Waals surface area contributed by atoms with Gasteiger partial charge in [0.25, 0.3) is 0 Å². The molecule has 162 valence electrons. The molecule has 0 radical (unpaired) electrons. The highest BCUT2D eigenvalue weighted by molar-refractivity contribution is 5.95. The van der Waals surface area contributed by atoms with Crippen molar-refractivity contribution >= 4 is 11.9 Å². The highest BCUT2D eigenvalue weighted by Crippen LogP contribution is 2.37. The van der Waals surface area contributed by atoms with Crippen LogP contribution in [-0.2, 0) is 4.79 Å². The molecule has 1 aromatic rings. The lowest BCUT2D eigenvalue weighted by molar-refractivity contribution is -0.121. The number of likely N-dealkylation sites (tertiary alicyclic amines) is 1. The van der Waals surface area contributed by atoms with Gasteiger partial charge in [0.1, 0.15) is 13.2 Å². The third-order valence-electron chi connectivity index (χ3n) is 6.03. The average molecular weight is 414 g/mol. The predicted molar refractivity (Wildman–Crippen MR) is 114 cm³/mol. The van der Waals surface area contributed by atoms with Gasteiger partial charge in [-0.3, -0.25) is 15.0 Å². The highest BCUT2D eigenvalue weighted by Gasteiger charge is 2.29. The van der Waals surface area contributed by atoms with Crippen LogP contribution >= 0.6 is 0 Å². The van der Waals surface area contributed by atoms with Crippen molar-refractivity contribution in [3.05, 3.63) is 35.4 Å². The molecule has 1 fully saturated rings. The molecule has 1 saturated heterocycles. The number of fused-ring (bicyclic) bond motifs is 1. The first kappa shape index (κ1) is 20.7. The predicted octanol–water partition coefficient (Wildman–Crippen LogP) is 3.31. The van der Waals surface area contributed by atoms with Crippen molar-refractivity contribution in [3.63, 3.8) is 0 Å². The number of allylic oxidation sites excluding steroid dienone is 1. The molecule has 3 amide bonds. The standard InChI is InChI=1S/C23H31N3O4/c27-22(25-23(28)24-11-10-17-5-2-1-3-6-17)16-26-12-4-7-19(26)18-8-9-20-21(15-18)30-14-13-29-20/h5,8-9,15,19H,1-4,6-7,10-14,16H2,(H2,24,25,27,28)/t19-/m1/s1. The van der Waals surface area contributed by atoms with Gasteiger partial charge in [-0.25, -0.2) is 4.79 Å². The van der Waals surface area contributed by atoms with Gasteiger partial charge in [0.15, 0.2) is 11.5 Å². The first-order valence-corrected chi connectivity index (χ1v) is 11.1. The number of benzene rings is 1. The van der Waals surface area contributed by atoms with Crippen molar-refractivity contribution in [1.82, 2.24) is 15.5 Å². The summed E-state index contributed by atoms with van der Waals surface area (Å²) in [6.45, 7) is 2.73. The van der Waals surface area contributed by atoms with Gasteiger partial charge in [0, 0.05) is 12.6 Å². The normalized spacial score (nSPS) is 21.1. The van der Waals surface area contributed by atoms with Gasteiger partial charge in [0.2, 0.25) is 5.91 Å². The molecule has 7 heteroatoms. The van der Waals surface area contributed by atoms with Crippen LogP contribution < -0.4 is 20.1 Å². The Kier molecular flexibility index (Phi) is 6.89. The van der Waals surface area contributed by atoms with E-state index in [4.69, 9.17) is 9.47 Å². The Balaban J connectivity index is 1.25. The smallest absolute Gasteiger partial charge is 0.321 e. The number of imide groups is 1. The van der Waals surface area contributed by atoms with Crippen LogP contribution in [-0.4, -0.2) is 49.7 Å². The number of rotatable bonds is 6. The van der Waals surface area contributed by atoms with E-state index in [1.807, 2.05) is 18.2 Å². The summed E-state index contributed by atoms with van der Waals surface area (Å²) in [4.78, 5) is 26.6. The van der Waals surface area contributed by atoms with Gasteiger partial charge >= 0.3 is 6.03 Å². The minimum Gasteiger partial charge on any atom is -0.486 e. The van der Waals surface area contributed by atoms with Gasteiger partial charge in [-0.1, -0.05) is 17.7 Å². The summed E-state index contributed by atoms with van der Waals surface area (Å²) in [6.07, 6.45) is 9.90. The maximum atomic E-state index is 12.4. The van der Waals surface area contributed by atoms with Gasteiger partial charge in [-0.15, -0.1) is 0 Å². The van der Waals surface area contributed by atoms with Crippen LogP contribution in [0.4, 0.5) is 4.79 Å². The third kappa shape index (κ3) is 5.33. The lowest BCUT2D eigenvalue weighted by Crippen LogP contribution is -2.44. The number of nitrogens with zero attached hydrogens (tertiary/aromatic N) is 1. The number of nitrogens with one attached hydrogen (secondary N) is 2. The lowest BCUT2D eigenvalue weighted by Gasteiger charge is -2.26. The number of urea groups is 1. The van der Waals surface area contributed by atoms with E-state index in [2.05, 4.69) is 21.6 Å². The van der Waals surface area contributed by atoms with Crippen LogP contribution in [0.2, 0.25) is 0 Å². The fourth-order valence-corrected chi connectivity index (χ4v) is 4.52. The van der Waals surface area contributed by atoms with Crippen LogP contribution in [0.5, 0.6) is 11.5 Å². The summed E-state index contributed by atoms with van der Waals surface area (Å²) in [5.74, 6) is 1.27. The lowest BCUT2D eigenvalue weighted by atomic mass is 9.97. The molecule has 2 heterocycles. The zero-order chi connectivity index (χ0) is 20.8. The maximum Gasteiger partial charge on any atom is 0.321 e. The Morgan fingerprint density at radius 2 is 1.97 bits per heavy atom. The van der Waals surface area contributed by atoms with Gasteiger partial charge < -0.3 is 14.8 Å². The molecule has 1 atom stereocenters. The van der Waals surface area contributed by atoms with E-state index in [1.54, 1.807) is 0 Å².